The van der Waals surface area contributed by atoms with Crippen LogP contribution in [0.25, 0.3) is 0 Å². The number of morpholine rings is 1. The van der Waals surface area contributed by atoms with E-state index in [0.29, 0.717) is 11.6 Å². The van der Waals surface area contributed by atoms with Gasteiger partial charge in [0, 0.05) is 37.3 Å². The van der Waals surface area contributed by atoms with E-state index in [0.717, 1.165) is 31.0 Å². The number of nitrogens with zero attached hydrogens (tertiary/aromatic N) is 2. The monoisotopic (exact) mass is 325 g/mol. The Bertz CT molecular complexity index is 505. The lowest BCUT2D eigenvalue weighted by Gasteiger charge is -2.40. The second-order valence-corrected chi connectivity index (χ2v) is 6.84. The van der Waals surface area contributed by atoms with Crippen molar-refractivity contribution in [3.63, 3.8) is 0 Å². The number of carbonyl (C=O) groups excluding carboxylic acids is 1. The average Bonchev–Trinajstić information content (AvgIpc) is 2.53. The van der Waals surface area contributed by atoms with Crippen molar-refractivity contribution in [2.45, 2.75) is 24.4 Å². The Morgan fingerprint density at radius 2 is 2.18 bits per heavy atom. The van der Waals surface area contributed by atoms with E-state index in [1.165, 1.54) is 18.0 Å². The Kier molecular flexibility index (Phi) is 6.05. The average molecular weight is 325 g/mol. The van der Waals surface area contributed by atoms with Gasteiger partial charge in [-0.2, -0.15) is 4.73 Å². The summed E-state index contributed by atoms with van der Waals surface area (Å²) in [7, 11) is 0. The van der Waals surface area contributed by atoms with E-state index < -0.39 is 0 Å². The molecule has 1 N–H and O–H groups in total. The van der Waals surface area contributed by atoms with Crippen molar-refractivity contribution < 1.29 is 14.3 Å². The Labute approximate surface area is 135 Å². The van der Waals surface area contributed by atoms with E-state index in [-0.39, 0.29) is 17.2 Å². The van der Waals surface area contributed by atoms with Crippen LogP contribution in [0, 0.1) is 5.21 Å². The molecule has 22 heavy (non-hydrogen) atoms. The number of aromatic nitrogens is 1. The molecule has 0 radical (unpaired) electrons. The summed E-state index contributed by atoms with van der Waals surface area (Å²) in [6, 6.07) is 5.17. The molecule has 122 valence electrons. The van der Waals surface area contributed by atoms with Gasteiger partial charge in [-0.05, 0) is 31.7 Å². The fourth-order valence-corrected chi connectivity index (χ4v) is 3.05. The van der Waals surface area contributed by atoms with Crippen molar-refractivity contribution in [3.05, 3.63) is 29.6 Å². The molecular formula is C15H23N3O3S. The standard InChI is InChI=1S/C15H23N3O3S/c1-15(2,17-7-9-21-10-8-17)12-16-13(19)11-22-14-5-3-4-6-18(14)20/h3-6H,7-12H2,1-2H3,(H,16,19). The van der Waals surface area contributed by atoms with Crippen LogP contribution in [0.5, 0.6) is 0 Å². The number of hydrogen-bond acceptors (Lipinski definition) is 5. The fourth-order valence-electron chi connectivity index (χ4n) is 2.31. The van der Waals surface area contributed by atoms with E-state index in [1.807, 2.05) is 0 Å². The third-order valence-corrected chi connectivity index (χ3v) is 4.74. The molecule has 0 aromatic carbocycles. The molecule has 1 aromatic rings. The van der Waals surface area contributed by atoms with Crippen LogP contribution in [0.15, 0.2) is 29.4 Å². The van der Waals surface area contributed by atoms with Crippen LogP contribution in [-0.2, 0) is 9.53 Å². The van der Waals surface area contributed by atoms with Crippen LogP contribution >= 0.6 is 11.8 Å². The second-order valence-electron chi connectivity index (χ2n) is 5.84. The van der Waals surface area contributed by atoms with Crippen molar-refractivity contribution >= 4 is 17.7 Å². The zero-order valence-electron chi connectivity index (χ0n) is 13.1. The molecule has 1 saturated heterocycles. The second kappa shape index (κ2) is 7.80. The number of nitrogens with one attached hydrogen (secondary N) is 1. The summed E-state index contributed by atoms with van der Waals surface area (Å²) in [5.74, 6) is 0.182. The Morgan fingerprint density at radius 1 is 1.45 bits per heavy atom. The lowest BCUT2D eigenvalue weighted by atomic mass is 10.0. The van der Waals surface area contributed by atoms with Crippen molar-refractivity contribution in [2.24, 2.45) is 0 Å². The third kappa shape index (κ3) is 4.86. The molecule has 0 saturated carbocycles. The minimum absolute atomic E-state index is 0.0600. The van der Waals surface area contributed by atoms with E-state index in [1.54, 1.807) is 18.2 Å². The zero-order chi connectivity index (χ0) is 16.0. The lowest BCUT2D eigenvalue weighted by Crippen LogP contribution is -2.55. The first-order valence-corrected chi connectivity index (χ1v) is 8.38. The highest BCUT2D eigenvalue weighted by molar-refractivity contribution is 7.99. The Morgan fingerprint density at radius 3 is 2.86 bits per heavy atom. The lowest BCUT2D eigenvalue weighted by molar-refractivity contribution is -0.645. The van der Waals surface area contributed by atoms with E-state index in [2.05, 4.69) is 24.1 Å². The molecule has 2 heterocycles. The van der Waals surface area contributed by atoms with Crippen LogP contribution in [0.3, 0.4) is 0 Å². The van der Waals surface area contributed by atoms with E-state index in [4.69, 9.17) is 4.74 Å². The molecule has 1 aliphatic rings. The SMILES string of the molecule is CC(C)(CNC(=O)CSc1cccc[n+]1[O-])N1CCOCC1. The number of carbonyl (C=O) groups is 1. The maximum atomic E-state index is 12.0. The molecule has 0 atom stereocenters. The highest BCUT2D eigenvalue weighted by Gasteiger charge is 2.28. The van der Waals surface area contributed by atoms with Gasteiger partial charge >= 0.3 is 0 Å². The summed E-state index contributed by atoms with van der Waals surface area (Å²) in [5.41, 5.74) is -0.102. The van der Waals surface area contributed by atoms with Crippen molar-refractivity contribution in [3.8, 4) is 0 Å². The van der Waals surface area contributed by atoms with Crippen LogP contribution in [-0.4, -0.2) is 54.9 Å². The summed E-state index contributed by atoms with van der Waals surface area (Å²) < 4.78 is 6.13. The smallest absolute Gasteiger partial charge is 0.251 e. The van der Waals surface area contributed by atoms with Crippen LogP contribution in [0.1, 0.15) is 13.8 Å². The summed E-state index contributed by atoms with van der Waals surface area (Å²) in [6.07, 6.45) is 1.43. The maximum absolute atomic E-state index is 12.0. The summed E-state index contributed by atoms with van der Waals surface area (Å²) in [5, 5.41) is 15.0. The van der Waals surface area contributed by atoms with E-state index >= 15 is 0 Å². The van der Waals surface area contributed by atoms with Crippen molar-refractivity contribution in [2.75, 3.05) is 38.6 Å². The number of pyridine rings is 1. The molecular weight excluding hydrogens is 302 g/mol. The van der Waals surface area contributed by atoms with Gasteiger partial charge in [0.1, 0.15) is 0 Å². The molecule has 7 heteroatoms. The molecule has 6 nitrogen and oxygen atoms in total. The Balaban J connectivity index is 1.76. The van der Waals surface area contributed by atoms with E-state index in [9.17, 15) is 10.0 Å². The molecule has 1 aromatic heterocycles. The fraction of sp³-hybridized carbons (Fsp3) is 0.600. The number of amides is 1. The molecule has 0 unspecified atom stereocenters. The molecule has 0 bridgehead atoms. The molecule has 1 aliphatic heterocycles. The quantitative estimate of drug-likeness (QED) is 0.472. The molecule has 0 spiro atoms. The number of ether oxygens (including phenoxy) is 1. The van der Waals surface area contributed by atoms with Gasteiger partial charge in [-0.3, -0.25) is 9.69 Å². The van der Waals surface area contributed by atoms with Gasteiger partial charge in [0.15, 0.2) is 6.20 Å². The van der Waals surface area contributed by atoms with Crippen molar-refractivity contribution in [1.82, 2.24) is 10.2 Å². The molecule has 1 fully saturated rings. The van der Waals surface area contributed by atoms with Gasteiger partial charge in [0.05, 0.1) is 19.0 Å². The van der Waals surface area contributed by atoms with Crippen LogP contribution in [0.4, 0.5) is 0 Å². The predicted octanol–water partition coefficient (Wildman–Crippen LogP) is 0.639. The number of thioether (sulfide) groups is 1. The first kappa shape index (κ1) is 17.1. The highest BCUT2D eigenvalue weighted by atomic mass is 32.2. The molecule has 0 aliphatic carbocycles. The minimum atomic E-state index is -0.102. The summed E-state index contributed by atoms with van der Waals surface area (Å²) in [4.78, 5) is 14.3. The molecule has 1 amide bonds. The summed E-state index contributed by atoms with van der Waals surface area (Å²) in [6.45, 7) is 8.08. The first-order valence-electron chi connectivity index (χ1n) is 7.39. The van der Waals surface area contributed by atoms with Gasteiger partial charge < -0.3 is 15.3 Å². The predicted molar refractivity (Wildman–Crippen MR) is 85.6 cm³/mol. The van der Waals surface area contributed by atoms with Gasteiger partial charge in [-0.1, -0.05) is 0 Å². The van der Waals surface area contributed by atoms with Gasteiger partial charge in [-0.15, -0.1) is 0 Å². The largest absolute Gasteiger partial charge is 0.618 e. The third-order valence-electron chi connectivity index (χ3n) is 3.73. The minimum Gasteiger partial charge on any atom is -0.618 e. The Hall–Kier alpha value is -1.31. The van der Waals surface area contributed by atoms with Gasteiger partial charge in [-0.25, -0.2) is 0 Å². The van der Waals surface area contributed by atoms with Crippen molar-refractivity contribution in [1.29, 1.82) is 0 Å². The van der Waals surface area contributed by atoms with Crippen LogP contribution in [0.2, 0.25) is 0 Å². The first-order chi connectivity index (χ1) is 10.5. The summed E-state index contributed by atoms with van der Waals surface area (Å²) >= 11 is 1.25. The zero-order valence-corrected chi connectivity index (χ0v) is 13.9. The highest BCUT2D eigenvalue weighted by Crippen LogP contribution is 2.16. The molecule has 2 rings (SSSR count). The van der Waals surface area contributed by atoms with Gasteiger partial charge in [0.2, 0.25) is 5.91 Å². The maximum Gasteiger partial charge on any atom is 0.251 e. The van der Waals surface area contributed by atoms with Gasteiger partial charge in [0.25, 0.3) is 5.03 Å². The number of rotatable bonds is 6. The normalized spacial score (nSPS) is 16.5. The number of hydrogen-bond donors (Lipinski definition) is 1. The van der Waals surface area contributed by atoms with Crippen LogP contribution < -0.4 is 10.0 Å². The topological polar surface area (TPSA) is 68.5 Å².